The Kier molecular flexibility index (Phi) is 1.72. The Morgan fingerprint density at radius 2 is 2.22 bits per heavy atom. The summed E-state index contributed by atoms with van der Waals surface area (Å²) in [4.78, 5) is 2.28. The molecule has 1 nitrogen and oxygen atoms in total. The van der Waals surface area contributed by atoms with Crippen LogP contribution in [-0.2, 0) is 0 Å². The van der Waals surface area contributed by atoms with E-state index in [0.29, 0.717) is 0 Å². The molecule has 0 saturated carbocycles. The Labute approximate surface area is 56.7 Å². The summed E-state index contributed by atoms with van der Waals surface area (Å²) in [5, 5.41) is 0. The Hall–Kier alpha value is -0.560. The number of nitrogens with zero attached hydrogens (tertiary/aromatic N) is 1. The van der Waals surface area contributed by atoms with Crippen molar-refractivity contribution < 1.29 is 0 Å². The van der Waals surface area contributed by atoms with Gasteiger partial charge in [0.1, 0.15) is 0 Å². The lowest BCUT2D eigenvalue weighted by Crippen LogP contribution is -2.14. The van der Waals surface area contributed by atoms with Crippen LogP contribution in [0.25, 0.3) is 0 Å². The number of hydrogen-bond acceptors (Lipinski definition) is 1. The molecule has 9 heavy (non-hydrogen) atoms. The van der Waals surface area contributed by atoms with E-state index in [1.165, 1.54) is 11.1 Å². The minimum Gasteiger partial charge on any atom is -0.298 e. The average Bonchev–Trinajstić information content (AvgIpc) is 2.10. The van der Waals surface area contributed by atoms with E-state index in [2.05, 4.69) is 25.5 Å². The summed E-state index contributed by atoms with van der Waals surface area (Å²) in [6.45, 7) is 8.10. The summed E-state index contributed by atoms with van der Waals surface area (Å²) in [7, 11) is 2.12. The first kappa shape index (κ1) is 6.56. The molecule has 0 N–H and O–H groups in total. The summed E-state index contributed by atoms with van der Waals surface area (Å²) >= 11 is 0. The fourth-order valence-electron chi connectivity index (χ4n) is 1.23. The molecule has 1 aliphatic heterocycles. The quantitative estimate of drug-likeness (QED) is 0.510. The van der Waals surface area contributed by atoms with Gasteiger partial charge in [-0.25, -0.2) is 0 Å². The van der Waals surface area contributed by atoms with Gasteiger partial charge in [-0.1, -0.05) is 18.2 Å². The highest BCUT2D eigenvalue weighted by Crippen LogP contribution is 2.14. The second kappa shape index (κ2) is 2.36. The molecule has 0 radical (unpaired) electrons. The maximum atomic E-state index is 3.74. The van der Waals surface area contributed by atoms with E-state index in [-0.39, 0.29) is 0 Å². The maximum Gasteiger partial charge on any atom is 0.0233 e. The first-order valence-corrected chi connectivity index (χ1v) is 3.23. The molecule has 1 heterocycles. The van der Waals surface area contributed by atoms with Gasteiger partial charge in [0.2, 0.25) is 0 Å². The number of rotatable bonds is 1. The van der Waals surface area contributed by atoms with Crippen LogP contribution < -0.4 is 0 Å². The Bertz CT molecular complexity index is 156. The van der Waals surface area contributed by atoms with Crippen molar-refractivity contribution in [2.75, 3.05) is 20.1 Å². The fourth-order valence-corrected chi connectivity index (χ4v) is 1.23. The molecule has 1 aliphatic rings. The highest BCUT2D eigenvalue weighted by atomic mass is 15.1. The van der Waals surface area contributed by atoms with Gasteiger partial charge in [-0.05, 0) is 19.5 Å². The van der Waals surface area contributed by atoms with Crippen molar-refractivity contribution in [3.05, 3.63) is 23.8 Å². The first-order chi connectivity index (χ1) is 4.24. The van der Waals surface area contributed by atoms with Crippen LogP contribution in [0.5, 0.6) is 0 Å². The van der Waals surface area contributed by atoms with Crippen molar-refractivity contribution in [1.82, 2.24) is 4.90 Å². The molecule has 0 saturated heterocycles. The number of hydrogen-bond donors (Lipinski definition) is 0. The minimum atomic E-state index is 1.08. The van der Waals surface area contributed by atoms with Gasteiger partial charge in [-0.3, -0.25) is 4.90 Å². The second-order valence-electron chi connectivity index (χ2n) is 2.68. The lowest BCUT2D eigenvalue weighted by molar-refractivity contribution is 0.426. The summed E-state index contributed by atoms with van der Waals surface area (Å²) in [5.41, 5.74) is 2.87. The molecule has 50 valence electrons. The molecular weight excluding hydrogens is 110 g/mol. The Balaban J connectivity index is 2.69. The van der Waals surface area contributed by atoms with Crippen LogP contribution in [0.1, 0.15) is 6.92 Å². The predicted molar refractivity (Wildman–Crippen MR) is 40.4 cm³/mol. The summed E-state index contributed by atoms with van der Waals surface area (Å²) in [5.74, 6) is 0. The zero-order valence-electron chi connectivity index (χ0n) is 6.15. The third-order valence-corrected chi connectivity index (χ3v) is 1.74. The van der Waals surface area contributed by atoms with Gasteiger partial charge < -0.3 is 0 Å². The van der Waals surface area contributed by atoms with Crippen molar-refractivity contribution in [3.8, 4) is 0 Å². The van der Waals surface area contributed by atoms with Crippen LogP contribution in [0.2, 0.25) is 0 Å². The summed E-state index contributed by atoms with van der Waals surface area (Å²) in [6.07, 6.45) is 1.96. The second-order valence-corrected chi connectivity index (χ2v) is 2.68. The molecule has 0 amide bonds. The standard InChI is InChI=1S/C8H13N/c1-4-8-6-9(3)5-7(8)2/h4H,1,5-6H2,2-3H3. The monoisotopic (exact) mass is 123 g/mol. The zero-order valence-corrected chi connectivity index (χ0v) is 6.15. The molecule has 1 heteroatoms. The van der Waals surface area contributed by atoms with Gasteiger partial charge in [0.25, 0.3) is 0 Å². The lowest BCUT2D eigenvalue weighted by atomic mass is 10.2. The van der Waals surface area contributed by atoms with Gasteiger partial charge >= 0.3 is 0 Å². The van der Waals surface area contributed by atoms with E-state index in [9.17, 15) is 0 Å². The first-order valence-electron chi connectivity index (χ1n) is 3.23. The van der Waals surface area contributed by atoms with Crippen molar-refractivity contribution in [3.63, 3.8) is 0 Å². The highest BCUT2D eigenvalue weighted by Gasteiger charge is 2.11. The van der Waals surface area contributed by atoms with E-state index < -0.39 is 0 Å². The Morgan fingerprint density at radius 1 is 1.56 bits per heavy atom. The largest absolute Gasteiger partial charge is 0.298 e. The molecule has 0 spiro atoms. The smallest absolute Gasteiger partial charge is 0.0233 e. The minimum absolute atomic E-state index is 1.08. The molecule has 1 rings (SSSR count). The van der Waals surface area contributed by atoms with Gasteiger partial charge in [-0.15, -0.1) is 0 Å². The topological polar surface area (TPSA) is 3.24 Å². The third-order valence-electron chi connectivity index (χ3n) is 1.74. The van der Waals surface area contributed by atoms with Crippen molar-refractivity contribution >= 4 is 0 Å². The van der Waals surface area contributed by atoms with Gasteiger partial charge in [0.05, 0.1) is 0 Å². The van der Waals surface area contributed by atoms with Gasteiger partial charge in [-0.2, -0.15) is 0 Å². The number of likely N-dealkylation sites (N-methyl/N-ethyl adjacent to an activating group) is 1. The molecular formula is C8H13N. The van der Waals surface area contributed by atoms with Crippen LogP contribution in [0, 0.1) is 0 Å². The van der Waals surface area contributed by atoms with Crippen molar-refractivity contribution in [1.29, 1.82) is 0 Å². The van der Waals surface area contributed by atoms with E-state index in [1.54, 1.807) is 0 Å². The van der Waals surface area contributed by atoms with Gasteiger partial charge in [0, 0.05) is 13.1 Å². The summed E-state index contributed by atoms with van der Waals surface area (Å²) < 4.78 is 0. The molecule has 0 fully saturated rings. The van der Waals surface area contributed by atoms with Crippen molar-refractivity contribution in [2.45, 2.75) is 6.92 Å². The molecule has 0 aromatic carbocycles. The summed E-state index contributed by atoms with van der Waals surface area (Å²) in [6, 6.07) is 0. The SMILES string of the molecule is C=CC1=C(C)CN(C)C1. The molecule has 0 unspecified atom stereocenters. The molecule has 0 bridgehead atoms. The third kappa shape index (κ3) is 1.22. The zero-order chi connectivity index (χ0) is 6.85. The normalized spacial score (nSPS) is 21.1. The lowest BCUT2D eigenvalue weighted by Gasteiger charge is -2.04. The van der Waals surface area contributed by atoms with Crippen LogP contribution in [-0.4, -0.2) is 25.0 Å². The van der Waals surface area contributed by atoms with E-state index in [4.69, 9.17) is 0 Å². The molecule has 0 aliphatic carbocycles. The molecule has 0 aromatic heterocycles. The van der Waals surface area contributed by atoms with E-state index in [0.717, 1.165) is 13.1 Å². The predicted octanol–water partition coefficient (Wildman–Crippen LogP) is 1.43. The molecule has 0 aromatic rings. The fraction of sp³-hybridized carbons (Fsp3) is 0.500. The maximum absolute atomic E-state index is 3.74. The van der Waals surface area contributed by atoms with E-state index in [1.807, 2.05) is 6.08 Å². The van der Waals surface area contributed by atoms with Crippen LogP contribution in [0.15, 0.2) is 23.8 Å². The van der Waals surface area contributed by atoms with Crippen molar-refractivity contribution in [2.24, 2.45) is 0 Å². The van der Waals surface area contributed by atoms with E-state index >= 15 is 0 Å². The van der Waals surface area contributed by atoms with Gasteiger partial charge in [0.15, 0.2) is 0 Å². The van der Waals surface area contributed by atoms with Crippen LogP contribution >= 0.6 is 0 Å². The molecule has 0 atom stereocenters. The van der Waals surface area contributed by atoms with Crippen LogP contribution in [0.3, 0.4) is 0 Å². The Morgan fingerprint density at radius 3 is 2.44 bits per heavy atom. The highest BCUT2D eigenvalue weighted by molar-refractivity contribution is 5.29. The average molecular weight is 123 g/mol. The van der Waals surface area contributed by atoms with Crippen LogP contribution in [0.4, 0.5) is 0 Å².